The summed E-state index contributed by atoms with van der Waals surface area (Å²) < 4.78 is 23.8. The molecule has 0 radical (unpaired) electrons. The Balaban J connectivity index is 1.56. The zero-order valence-electron chi connectivity index (χ0n) is 22.2. The maximum absolute atomic E-state index is 10.2. The largest absolute Gasteiger partial charge is 0.393 e. The van der Waals surface area contributed by atoms with Crippen LogP contribution in [-0.4, -0.2) is 11.2 Å². The molecule has 4 aliphatic rings. The van der Waals surface area contributed by atoms with Crippen molar-refractivity contribution >= 4 is 0 Å². The Hall–Kier alpha value is -0.820. The van der Waals surface area contributed by atoms with Crippen LogP contribution in [0, 0.1) is 46.3 Å². The van der Waals surface area contributed by atoms with Gasteiger partial charge >= 0.3 is 0 Å². The van der Waals surface area contributed by atoms with Gasteiger partial charge in [0.1, 0.15) is 0 Å². The van der Waals surface area contributed by atoms with Crippen molar-refractivity contribution in [1.82, 2.24) is 0 Å². The Morgan fingerprint density at radius 1 is 1.03 bits per heavy atom. The molecule has 29 heavy (non-hydrogen) atoms. The number of aliphatic hydroxyl groups is 1. The van der Waals surface area contributed by atoms with E-state index in [4.69, 9.17) is 4.11 Å². The summed E-state index contributed by atoms with van der Waals surface area (Å²) in [4.78, 5) is 0. The lowest BCUT2D eigenvalue weighted by atomic mass is 9.50. The minimum Gasteiger partial charge on any atom is -0.393 e. The van der Waals surface area contributed by atoms with E-state index in [1.807, 2.05) is 19.9 Å². The predicted molar refractivity (Wildman–Crippen MR) is 123 cm³/mol. The summed E-state index contributed by atoms with van der Waals surface area (Å²) in [5.41, 5.74) is 3.69. The smallest absolute Gasteiger partial charge is 0.0578 e. The van der Waals surface area contributed by atoms with Gasteiger partial charge in [0.2, 0.25) is 0 Å². The van der Waals surface area contributed by atoms with E-state index in [1.54, 1.807) is 5.57 Å². The average Bonchev–Trinajstić information content (AvgIpc) is 3.04. The molecule has 0 amide bonds. The van der Waals surface area contributed by atoms with Crippen LogP contribution in [0.2, 0.25) is 0 Å². The van der Waals surface area contributed by atoms with Gasteiger partial charge < -0.3 is 5.11 Å². The third-order valence-corrected chi connectivity index (χ3v) is 9.59. The van der Waals surface area contributed by atoms with Crippen LogP contribution in [0.3, 0.4) is 0 Å². The second-order valence-electron chi connectivity index (χ2n) is 11.5. The highest BCUT2D eigenvalue weighted by atomic mass is 16.3. The lowest BCUT2D eigenvalue weighted by Crippen LogP contribution is -2.46. The molecule has 0 aromatic rings. The fraction of sp³-hybridized carbons (Fsp3) is 0.786. The van der Waals surface area contributed by atoms with Crippen molar-refractivity contribution in [2.45, 2.75) is 92.5 Å². The Labute approximate surface area is 184 Å². The molecular formula is C28H44O. The fourth-order valence-electron chi connectivity index (χ4n) is 7.54. The summed E-state index contributed by atoms with van der Waals surface area (Å²) in [5, 5.41) is 10.2. The first-order valence-corrected chi connectivity index (χ1v) is 12.2. The number of rotatable bonds is 4. The van der Waals surface area contributed by atoms with Crippen molar-refractivity contribution in [2.24, 2.45) is 46.3 Å². The maximum Gasteiger partial charge on any atom is 0.0578 e. The summed E-state index contributed by atoms with van der Waals surface area (Å²) >= 11 is 0. The Morgan fingerprint density at radius 3 is 2.55 bits per heavy atom. The van der Waals surface area contributed by atoms with E-state index in [2.05, 4.69) is 39.0 Å². The number of hydrogen-bond donors (Lipinski definition) is 1. The third kappa shape index (κ3) is 3.50. The summed E-state index contributed by atoms with van der Waals surface area (Å²) in [5.74, 6) is 2.06. The van der Waals surface area contributed by atoms with E-state index in [0.717, 1.165) is 19.3 Å². The lowest BCUT2D eigenvalue weighted by Gasteiger charge is -2.55. The van der Waals surface area contributed by atoms with Gasteiger partial charge in [-0.15, -0.1) is 0 Å². The molecule has 4 rings (SSSR count). The summed E-state index contributed by atoms with van der Waals surface area (Å²) in [6.07, 6.45) is 16.8. The molecule has 1 nitrogen and oxygen atoms in total. The van der Waals surface area contributed by atoms with Crippen molar-refractivity contribution in [2.75, 3.05) is 0 Å². The highest BCUT2D eigenvalue weighted by Crippen LogP contribution is 2.65. The Morgan fingerprint density at radius 2 is 1.83 bits per heavy atom. The lowest BCUT2D eigenvalue weighted by molar-refractivity contribution is 0.0382. The van der Waals surface area contributed by atoms with Crippen LogP contribution in [0.4, 0.5) is 0 Å². The minimum absolute atomic E-state index is 0.122. The van der Waals surface area contributed by atoms with Crippen LogP contribution in [0.5, 0.6) is 0 Å². The molecule has 0 aromatic heterocycles. The second-order valence-corrected chi connectivity index (χ2v) is 11.5. The molecule has 162 valence electrons. The number of allylic oxidation sites excluding steroid dienone is 5. The zero-order chi connectivity index (χ0) is 23.5. The van der Waals surface area contributed by atoms with E-state index in [9.17, 15) is 5.11 Å². The van der Waals surface area contributed by atoms with Crippen LogP contribution in [0.1, 0.15) is 90.5 Å². The second kappa shape index (κ2) is 7.70. The fourth-order valence-corrected chi connectivity index (χ4v) is 7.54. The van der Waals surface area contributed by atoms with Gasteiger partial charge in [-0.25, -0.2) is 0 Å². The van der Waals surface area contributed by atoms with Crippen molar-refractivity contribution in [3.8, 4) is 0 Å². The van der Waals surface area contributed by atoms with E-state index < -0.39 is 6.85 Å². The standard InChI is InChI=1S/C28H44O/c1-18(2)19(3)7-8-20(4)24-11-12-25-23-10-9-21-17-22(29)13-15-27(21,5)26(23)14-16-28(24,25)6/h7-10,18-20,22,24-26,29H,11-17H2,1-6H3/b8-7+/t19-,20+,22-,24+,25-,26+,27+,28+/m0/s1/i3D3. The molecule has 0 spiro atoms. The van der Waals surface area contributed by atoms with Crippen molar-refractivity contribution in [3.63, 3.8) is 0 Å². The number of hydrogen-bond acceptors (Lipinski definition) is 1. The number of fused-ring (bicyclic) bond motifs is 5. The first-order valence-electron chi connectivity index (χ1n) is 13.7. The van der Waals surface area contributed by atoms with Crippen molar-refractivity contribution in [1.29, 1.82) is 0 Å². The van der Waals surface area contributed by atoms with E-state index in [-0.39, 0.29) is 23.4 Å². The van der Waals surface area contributed by atoms with Gasteiger partial charge in [-0.1, -0.05) is 76.9 Å². The van der Waals surface area contributed by atoms with Gasteiger partial charge in [0.25, 0.3) is 0 Å². The van der Waals surface area contributed by atoms with Gasteiger partial charge in [0, 0.05) is 4.11 Å². The van der Waals surface area contributed by atoms with Crippen molar-refractivity contribution < 1.29 is 9.22 Å². The van der Waals surface area contributed by atoms with E-state index in [1.165, 1.54) is 31.3 Å². The Kier molecular flexibility index (Phi) is 4.73. The molecule has 1 N–H and O–H groups in total. The summed E-state index contributed by atoms with van der Waals surface area (Å²) in [6.45, 7) is 9.40. The summed E-state index contributed by atoms with van der Waals surface area (Å²) in [6, 6.07) is 0. The summed E-state index contributed by atoms with van der Waals surface area (Å²) in [7, 11) is 0. The normalized spacial score (nSPS) is 46.0. The highest BCUT2D eigenvalue weighted by molar-refractivity contribution is 5.39. The SMILES string of the molecule is [2H]C([2H])([2H])[C@@H](/C=C/[C@@H](C)[C@H]1CC[C@H]2C3=CC=C4C[C@@H](O)CC[C@@]4(C)[C@@H]3CC[C@]12C)C(C)C. The monoisotopic (exact) mass is 399 g/mol. The Bertz CT molecular complexity index is 806. The molecule has 3 fully saturated rings. The highest BCUT2D eigenvalue weighted by Gasteiger charge is 2.56. The predicted octanol–water partition coefficient (Wildman–Crippen LogP) is 7.33. The molecule has 0 bridgehead atoms. The number of aliphatic hydroxyl groups excluding tert-OH is 1. The van der Waals surface area contributed by atoms with Gasteiger partial charge in [0.15, 0.2) is 0 Å². The molecule has 3 saturated carbocycles. The molecule has 4 aliphatic carbocycles. The quantitative estimate of drug-likeness (QED) is 0.491. The molecular weight excluding hydrogens is 352 g/mol. The zero-order valence-corrected chi connectivity index (χ0v) is 19.2. The van der Waals surface area contributed by atoms with Crippen LogP contribution >= 0.6 is 0 Å². The average molecular weight is 400 g/mol. The molecule has 1 heteroatoms. The first-order chi connectivity index (χ1) is 14.9. The minimum atomic E-state index is -1.93. The molecule has 8 atom stereocenters. The molecule has 0 saturated heterocycles. The van der Waals surface area contributed by atoms with Crippen molar-refractivity contribution in [3.05, 3.63) is 35.5 Å². The first kappa shape index (κ1) is 17.8. The van der Waals surface area contributed by atoms with Crippen LogP contribution in [0.15, 0.2) is 35.5 Å². The van der Waals surface area contributed by atoms with Crippen LogP contribution in [0.25, 0.3) is 0 Å². The van der Waals surface area contributed by atoms with Gasteiger partial charge in [-0.2, -0.15) is 0 Å². The molecule has 0 unspecified atom stereocenters. The van der Waals surface area contributed by atoms with E-state index >= 15 is 0 Å². The molecule has 0 aromatic carbocycles. The maximum atomic E-state index is 10.2. The molecule has 0 heterocycles. The van der Waals surface area contributed by atoms with E-state index in [0.29, 0.717) is 29.1 Å². The van der Waals surface area contributed by atoms with Crippen LogP contribution in [-0.2, 0) is 0 Å². The topological polar surface area (TPSA) is 20.2 Å². The van der Waals surface area contributed by atoms with Crippen LogP contribution < -0.4 is 0 Å². The van der Waals surface area contributed by atoms with Gasteiger partial charge in [-0.3, -0.25) is 0 Å². The van der Waals surface area contributed by atoms with Gasteiger partial charge in [-0.05, 0) is 91.3 Å². The van der Waals surface area contributed by atoms with Gasteiger partial charge in [0.05, 0.1) is 6.10 Å². The third-order valence-electron chi connectivity index (χ3n) is 9.59. The molecule has 0 aliphatic heterocycles.